The number of nitrogens with two attached hydrogens (primary N) is 1. The third-order valence-electron chi connectivity index (χ3n) is 1.65. The molecule has 0 radical (unpaired) electrons. The molecule has 0 spiro atoms. The molecule has 0 heterocycles. The number of rotatable bonds is 3. The van der Waals surface area contributed by atoms with Gasteiger partial charge in [-0.25, -0.2) is 0 Å². The lowest BCUT2D eigenvalue weighted by atomic mass is 10.1. The topological polar surface area (TPSA) is 63.3 Å². The van der Waals surface area contributed by atoms with E-state index in [1.807, 2.05) is 0 Å². The van der Waals surface area contributed by atoms with Gasteiger partial charge in [0, 0.05) is 12.0 Å². The third kappa shape index (κ3) is 2.29. The summed E-state index contributed by atoms with van der Waals surface area (Å²) in [7, 11) is 0. The summed E-state index contributed by atoms with van der Waals surface area (Å²) in [5.41, 5.74) is 5.73. The molecule has 1 aromatic carbocycles. The van der Waals surface area contributed by atoms with E-state index in [4.69, 9.17) is 5.73 Å². The molecule has 0 aliphatic heterocycles. The fourth-order valence-corrected chi connectivity index (χ4v) is 1.49. The van der Waals surface area contributed by atoms with Gasteiger partial charge in [-0.05, 0) is 34.6 Å². The van der Waals surface area contributed by atoms with Gasteiger partial charge in [-0.1, -0.05) is 6.07 Å². The van der Waals surface area contributed by atoms with Crippen LogP contribution >= 0.6 is 15.9 Å². The maximum absolute atomic E-state index is 11.4. The number of hydrogen-bond acceptors (Lipinski definition) is 3. The van der Waals surface area contributed by atoms with Crippen LogP contribution in [0.1, 0.15) is 16.8 Å². The maximum atomic E-state index is 11.4. The van der Waals surface area contributed by atoms with Crippen LogP contribution in [0.4, 0.5) is 0 Å². The number of carbonyl (C=O) groups is 1. The fraction of sp³-hybridized carbons (Fsp3) is 0.222. The Hall–Kier alpha value is -0.870. The van der Waals surface area contributed by atoms with Gasteiger partial charge < -0.3 is 10.8 Å². The Labute approximate surface area is 84.7 Å². The zero-order chi connectivity index (χ0) is 9.84. The predicted octanol–water partition coefficient (Wildman–Crippen LogP) is 1.69. The predicted molar refractivity (Wildman–Crippen MR) is 53.8 cm³/mol. The SMILES string of the molecule is NCCC(=O)c1cccc(O)c1Br. The maximum Gasteiger partial charge on any atom is 0.165 e. The molecule has 1 rings (SSSR count). The van der Waals surface area contributed by atoms with E-state index in [0.29, 0.717) is 23.0 Å². The fourth-order valence-electron chi connectivity index (χ4n) is 1.00. The number of phenols is 1. The number of benzene rings is 1. The van der Waals surface area contributed by atoms with Gasteiger partial charge in [0.15, 0.2) is 5.78 Å². The molecule has 70 valence electrons. The molecule has 0 aliphatic rings. The summed E-state index contributed by atoms with van der Waals surface area (Å²) in [6.07, 6.45) is 0.294. The molecule has 4 heteroatoms. The Morgan fingerprint density at radius 3 is 2.85 bits per heavy atom. The van der Waals surface area contributed by atoms with Gasteiger partial charge >= 0.3 is 0 Å². The average Bonchev–Trinajstić information content (AvgIpc) is 2.10. The minimum absolute atomic E-state index is 0.0646. The average molecular weight is 244 g/mol. The Morgan fingerprint density at radius 1 is 1.54 bits per heavy atom. The van der Waals surface area contributed by atoms with E-state index in [1.165, 1.54) is 6.07 Å². The molecule has 0 saturated carbocycles. The van der Waals surface area contributed by atoms with E-state index in [1.54, 1.807) is 12.1 Å². The van der Waals surface area contributed by atoms with E-state index in [2.05, 4.69) is 15.9 Å². The normalized spacial score (nSPS) is 10.0. The Morgan fingerprint density at radius 2 is 2.23 bits per heavy atom. The molecule has 0 fully saturated rings. The standard InChI is InChI=1S/C9H10BrNO2/c10-9-6(7(12)4-5-11)2-1-3-8(9)13/h1-3,13H,4-5,11H2. The van der Waals surface area contributed by atoms with Crippen molar-refractivity contribution in [1.82, 2.24) is 0 Å². The molecular formula is C9H10BrNO2. The number of ketones is 1. The number of aromatic hydroxyl groups is 1. The second-order valence-corrected chi connectivity index (χ2v) is 3.39. The zero-order valence-corrected chi connectivity index (χ0v) is 8.54. The first-order chi connectivity index (χ1) is 6.16. The van der Waals surface area contributed by atoms with E-state index in [0.717, 1.165) is 0 Å². The Bertz CT molecular complexity index is 325. The smallest absolute Gasteiger partial charge is 0.165 e. The number of hydrogen-bond donors (Lipinski definition) is 2. The van der Waals surface area contributed by atoms with Crippen LogP contribution in [-0.4, -0.2) is 17.4 Å². The third-order valence-corrected chi connectivity index (χ3v) is 2.48. The van der Waals surface area contributed by atoms with Gasteiger partial charge in [0.2, 0.25) is 0 Å². The zero-order valence-electron chi connectivity index (χ0n) is 6.96. The molecule has 0 bridgehead atoms. The van der Waals surface area contributed by atoms with Crippen LogP contribution in [0.5, 0.6) is 5.75 Å². The van der Waals surface area contributed by atoms with Gasteiger partial charge in [0.25, 0.3) is 0 Å². The lowest BCUT2D eigenvalue weighted by molar-refractivity contribution is 0.0984. The highest BCUT2D eigenvalue weighted by atomic mass is 79.9. The summed E-state index contributed by atoms with van der Waals surface area (Å²) < 4.78 is 0.438. The van der Waals surface area contributed by atoms with E-state index in [9.17, 15) is 9.90 Å². The van der Waals surface area contributed by atoms with Crippen molar-refractivity contribution in [1.29, 1.82) is 0 Å². The highest BCUT2D eigenvalue weighted by Crippen LogP contribution is 2.27. The van der Waals surface area contributed by atoms with Crippen LogP contribution in [0.25, 0.3) is 0 Å². The second kappa shape index (κ2) is 4.39. The van der Waals surface area contributed by atoms with Crippen LogP contribution in [0.3, 0.4) is 0 Å². The molecule has 0 atom stereocenters. The van der Waals surface area contributed by atoms with E-state index < -0.39 is 0 Å². The quantitative estimate of drug-likeness (QED) is 0.795. The van der Waals surface area contributed by atoms with Crippen LogP contribution in [0.15, 0.2) is 22.7 Å². The monoisotopic (exact) mass is 243 g/mol. The van der Waals surface area contributed by atoms with Crippen LogP contribution in [0.2, 0.25) is 0 Å². The first-order valence-electron chi connectivity index (χ1n) is 3.87. The van der Waals surface area contributed by atoms with Gasteiger partial charge in [-0.2, -0.15) is 0 Å². The highest BCUT2D eigenvalue weighted by Gasteiger charge is 2.11. The summed E-state index contributed by atoms with van der Waals surface area (Å²) in [6, 6.07) is 4.80. The summed E-state index contributed by atoms with van der Waals surface area (Å²) >= 11 is 3.14. The molecule has 13 heavy (non-hydrogen) atoms. The molecule has 3 nitrogen and oxygen atoms in total. The van der Waals surface area contributed by atoms with Crippen LogP contribution in [-0.2, 0) is 0 Å². The first-order valence-corrected chi connectivity index (χ1v) is 4.67. The van der Waals surface area contributed by atoms with Gasteiger partial charge in [0.1, 0.15) is 5.75 Å². The minimum Gasteiger partial charge on any atom is -0.507 e. The minimum atomic E-state index is -0.0646. The van der Waals surface area contributed by atoms with Gasteiger partial charge in [-0.3, -0.25) is 4.79 Å². The number of phenolic OH excluding ortho intramolecular Hbond substituents is 1. The number of halogens is 1. The van der Waals surface area contributed by atoms with Crippen molar-refractivity contribution in [3.05, 3.63) is 28.2 Å². The van der Waals surface area contributed by atoms with Gasteiger partial charge in [0.05, 0.1) is 4.47 Å². The Balaban J connectivity index is 3.01. The van der Waals surface area contributed by atoms with Crippen molar-refractivity contribution < 1.29 is 9.90 Å². The molecule has 3 N–H and O–H groups in total. The van der Waals surface area contributed by atoms with Crippen LogP contribution < -0.4 is 5.73 Å². The molecule has 0 unspecified atom stereocenters. The molecule has 0 aliphatic carbocycles. The Kier molecular flexibility index (Phi) is 3.45. The largest absolute Gasteiger partial charge is 0.507 e. The van der Waals surface area contributed by atoms with Crippen molar-refractivity contribution in [2.45, 2.75) is 6.42 Å². The number of carbonyl (C=O) groups excluding carboxylic acids is 1. The van der Waals surface area contributed by atoms with Crippen LogP contribution in [0, 0.1) is 0 Å². The summed E-state index contributed by atoms with van der Waals surface area (Å²) in [4.78, 5) is 11.4. The molecule has 0 saturated heterocycles. The molecule has 0 aromatic heterocycles. The van der Waals surface area contributed by atoms with Crippen molar-refractivity contribution >= 4 is 21.7 Å². The molecular weight excluding hydrogens is 234 g/mol. The van der Waals surface area contributed by atoms with Crippen molar-refractivity contribution in [2.75, 3.05) is 6.54 Å². The molecule has 1 aromatic rings. The van der Waals surface area contributed by atoms with E-state index >= 15 is 0 Å². The van der Waals surface area contributed by atoms with Crippen molar-refractivity contribution in [2.24, 2.45) is 5.73 Å². The summed E-state index contributed by atoms with van der Waals surface area (Å²) in [5.74, 6) is 0.00754. The molecule has 0 amide bonds. The van der Waals surface area contributed by atoms with E-state index in [-0.39, 0.29) is 11.5 Å². The highest BCUT2D eigenvalue weighted by molar-refractivity contribution is 9.10. The lowest BCUT2D eigenvalue weighted by Crippen LogP contribution is -2.08. The van der Waals surface area contributed by atoms with Crippen molar-refractivity contribution in [3.8, 4) is 5.75 Å². The summed E-state index contributed by atoms with van der Waals surface area (Å²) in [6.45, 7) is 0.320. The second-order valence-electron chi connectivity index (χ2n) is 2.60. The summed E-state index contributed by atoms with van der Waals surface area (Å²) in [5, 5.41) is 9.29. The van der Waals surface area contributed by atoms with Crippen molar-refractivity contribution in [3.63, 3.8) is 0 Å². The van der Waals surface area contributed by atoms with Gasteiger partial charge in [-0.15, -0.1) is 0 Å². The first kappa shape index (κ1) is 10.2. The lowest BCUT2D eigenvalue weighted by Gasteiger charge is -2.03. The number of Topliss-reactive ketones (excluding diaryl/α,β-unsaturated/α-hetero) is 1.